The molecule has 1 aliphatic heterocycles. The van der Waals surface area contributed by atoms with Crippen LogP contribution in [-0.4, -0.2) is 48.1 Å². The third-order valence-electron chi connectivity index (χ3n) is 5.14. The number of fused-ring (bicyclic) bond motifs is 1. The highest BCUT2D eigenvalue weighted by Crippen LogP contribution is 2.39. The number of halogens is 7. The first-order valence-corrected chi connectivity index (χ1v) is 10.00. The van der Waals surface area contributed by atoms with Gasteiger partial charge in [0.2, 0.25) is 5.91 Å². The summed E-state index contributed by atoms with van der Waals surface area (Å²) in [6.07, 6.45) is -8.71. The zero-order valence-corrected chi connectivity index (χ0v) is 18.0. The number of ether oxygens (including phenoxy) is 1. The maximum absolute atomic E-state index is 13.9. The van der Waals surface area contributed by atoms with Crippen molar-refractivity contribution in [3.63, 3.8) is 0 Å². The van der Waals surface area contributed by atoms with Crippen molar-refractivity contribution in [1.29, 1.82) is 5.41 Å². The molecule has 0 spiro atoms. The van der Waals surface area contributed by atoms with Crippen LogP contribution in [0, 0.1) is 11.2 Å². The number of carbonyl (C=O) groups excluding carboxylic acids is 2. The van der Waals surface area contributed by atoms with Crippen LogP contribution in [0.25, 0.3) is 0 Å². The molecule has 2 aromatic rings. The Kier molecular flexibility index (Phi) is 7.27. The topological polar surface area (TPSA) is 109 Å². The minimum Gasteiger partial charge on any atom is -0.406 e. The largest absolute Gasteiger partial charge is 0.573 e. The van der Waals surface area contributed by atoms with Crippen LogP contribution in [0.2, 0.25) is 0 Å². The molecule has 2 atom stereocenters. The predicted octanol–water partition coefficient (Wildman–Crippen LogP) is 4.33. The highest BCUT2D eigenvalue weighted by Gasteiger charge is 2.48. The number of nitrogens with zero attached hydrogens (tertiary/aromatic N) is 1. The van der Waals surface area contributed by atoms with Crippen molar-refractivity contribution in [3.05, 3.63) is 71.2 Å². The van der Waals surface area contributed by atoms with E-state index >= 15 is 0 Å². The second kappa shape index (κ2) is 9.87. The van der Waals surface area contributed by atoms with Gasteiger partial charge in [-0.15, -0.1) is 13.2 Å². The molecule has 0 bridgehead atoms. The zero-order valence-electron chi connectivity index (χ0n) is 18.0. The summed E-state index contributed by atoms with van der Waals surface area (Å²) < 4.78 is 95.4. The maximum Gasteiger partial charge on any atom is 0.573 e. The molecular formula is C22H17F7N4O3. The summed E-state index contributed by atoms with van der Waals surface area (Å²) in [6.45, 7) is -1.79. The molecule has 36 heavy (non-hydrogen) atoms. The summed E-state index contributed by atoms with van der Waals surface area (Å²) >= 11 is 0. The molecular weight excluding hydrogens is 501 g/mol. The number of hydrogen-bond acceptors (Lipinski definition) is 5. The highest BCUT2D eigenvalue weighted by atomic mass is 19.4. The number of amides is 2. The molecule has 3 rings (SSSR count). The van der Waals surface area contributed by atoms with E-state index in [0.29, 0.717) is 29.3 Å². The molecule has 14 heteroatoms. The minimum atomic E-state index is -5.16. The molecule has 0 aromatic heterocycles. The van der Waals surface area contributed by atoms with Gasteiger partial charge >= 0.3 is 12.5 Å². The average Bonchev–Trinajstić information content (AvgIpc) is 2.74. The van der Waals surface area contributed by atoms with Crippen molar-refractivity contribution >= 4 is 23.7 Å². The number of anilines is 1. The number of hydrogen-bond donors (Lipinski definition) is 3. The Morgan fingerprint density at radius 2 is 1.81 bits per heavy atom. The second-order valence-corrected chi connectivity index (χ2v) is 7.58. The summed E-state index contributed by atoms with van der Waals surface area (Å²) in [6, 6.07) is 5.31. The number of nitrogens with two attached hydrogens (primary N) is 1. The standard InChI is InChI=1S/C22H17F7N4O3/c23-12-5-13(7-14(6-12)36-22(27,28)29)32-19(34)17-15-3-1-2-4-16(15)20(35)33(10-21(24,25)26)18(17)11(8-30)9-31/h1-9,17-18,30H,10,31H2,(H,32,34)/t17-,18+/m0/s1. The van der Waals surface area contributed by atoms with E-state index in [1.54, 1.807) is 0 Å². The molecule has 4 N–H and O–H groups in total. The number of rotatable bonds is 6. The normalized spacial score (nSPS) is 18.5. The molecule has 0 unspecified atom stereocenters. The van der Waals surface area contributed by atoms with Gasteiger partial charge in [0.25, 0.3) is 5.91 Å². The third kappa shape index (κ3) is 5.93. The molecule has 0 saturated carbocycles. The van der Waals surface area contributed by atoms with Gasteiger partial charge in [-0.1, -0.05) is 18.2 Å². The smallest absolute Gasteiger partial charge is 0.406 e. The molecule has 2 aromatic carbocycles. The summed E-state index contributed by atoms with van der Waals surface area (Å²) in [5.41, 5.74) is 4.41. The van der Waals surface area contributed by atoms with E-state index in [0.717, 1.165) is 6.20 Å². The van der Waals surface area contributed by atoms with Gasteiger partial charge in [0, 0.05) is 41.4 Å². The lowest BCUT2D eigenvalue weighted by molar-refractivity contribution is -0.274. The SMILES string of the molecule is N=CC(=CN)[C@@H]1[C@@H](C(=O)Nc2cc(F)cc(OC(F)(F)F)c2)c2ccccc2C(=O)N1CC(F)(F)F. The van der Waals surface area contributed by atoms with E-state index < -0.39 is 60.1 Å². The monoisotopic (exact) mass is 518 g/mol. The van der Waals surface area contributed by atoms with Gasteiger partial charge in [-0.25, -0.2) is 4.39 Å². The number of nitrogens with one attached hydrogen (secondary N) is 2. The lowest BCUT2D eigenvalue weighted by Gasteiger charge is -2.42. The Morgan fingerprint density at radius 1 is 1.14 bits per heavy atom. The van der Waals surface area contributed by atoms with Crippen molar-refractivity contribution in [3.8, 4) is 5.75 Å². The highest BCUT2D eigenvalue weighted by molar-refractivity contribution is 6.06. The van der Waals surface area contributed by atoms with Crippen LogP contribution in [0.15, 0.2) is 54.2 Å². The Morgan fingerprint density at radius 3 is 2.39 bits per heavy atom. The molecule has 0 radical (unpaired) electrons. The maximum atomic E-state index is 13.9. The van der Waals surface area contributed by atoms with E-state index in [2.05, 4.69) is 10.1 Å². The van der Waals surface area contributed by atoms with Crippen LogP contribution in [0.5, 0.6) is 5.75 Å². The molecule has 2 amide bonds. The van der Waals surface area contributed by atoms with Gasteiger partial charge in [-0.2, -0.15) is 13.2 Å². The molecule has 7 nitrogen and oxygen atoms in total. The van der Waals surface area contributed by atoms with Crippen molar-refractivity contribution in [2.24, 2.45) is 5.73 Å². The van der Waals surface area contributed by atoms with Crippen LogP contribution in [0.1, 0.15) is 21.8 Å². The molecule has 192 valence electrons. The van der Waals surface area contributed by atoms with Gasteiger partial charge < -0.3 is 26.1 Å². The second-order valence-electron chi connectivity index (χ2n) is 7.58. The summed E-state index contributed by atoms with van der Waals surface area (Å²) in [5, 5.41) is 9.72. The van der Waals surface area contributed by atoms with Gasteiger partial charge in [0.05, 0.1) is 12.0 Å². The van der Waals surface area contributed by atoms with Crippen molar-refractivity contribution in [1.82, 2.24) is 4.90 Å². The van der Waals surface area contributed by atoms with Crippen molar-refractivity contribution in [2.75, 3.05) is 11.9 Å². The van der Waals surface area contributed by atoms with Crippen LogP contribution in [0.4, 0.5) is 36.4 Å². The van der Waals surface area contributed by atoms with Gasteiger partial charge in [-0.3, -0.25) is 9.59 Å². The van der Waals surface area contributed by atoms with Crippen LogP contribution in [-0.2, 0) is 4.79 Å². The van der Waals surface area contributed by atoms with Gasteiger partial charge in [0.15, 0.2) is 0 Å². The lowest BCUT2D eigenvalue weighted by Crippen LogP contribution is -2.55. The molecule has 0 saturated heterocycles. The van der Waals surface area contributed by atoms with Crippen molar-refractivity contribution < 1.29 is 45.1 Å². The predicted molar refractivity (Wildman–Crippen MR) is 113 cm³/mol. The number of benzene rings is 2. The number of alkyl halides is 6. The van der Waals surface area contributed by atoms with E-state index in [1.165, 1.54) is 24.3 Å². The average molecular weight is 518 g/mol. The van der Waals surface area contributed by atoms with Crippen LogP contribution >= 0.6 is 0 Å². The Labute approximate surface area is 198 Å². The Hall–Kier alpha value is -4.10. The summed E-state index contributed by atoms with van der Waals surface area (Å²) in [4.78, 5) is 26.6. The summed E-state index contributed by atoms with van der Waals surface area (Å²) in [5.74, 6) is -5.98. The molecule has 0 fully saturated rings. The Balaban J connectivity index is 2.11. The van der Waals surface area contributed by atoms with Crippen LogP contribution < -0.4 is 15.8 Å². The van der Waals surface area contributed by atoms with E-state index in [9.17, 15) is 40.3 Å². The first-order chi connectivity index (χ1) is 16.7. The third-order valence-corrected chi connectivity index (χ3v) is 5.14. The minimum absolute atomic E-state index is 0.0206. The Bertz CT molecular complexity index is 1210. The quantitative estimate of drug-likeness (QED) is 0.391. The molecule has 1 heterocycles. The van der Waals surface area contributed by atoms with E-state index in [4.69, 9.17) is 11.1 Å². The fourth-order valence-corrected chi connectivity index (χ4v) is 3.89. The first-order valence-electron chi connectivity index (χ1n) is 10.00. The van der Waals surface area contributed by atoms with Crippen molar-refractivity contribution in [2.45, 2.75) is 24.5 Å². The van der Waals surface area contributed by atoms with E-state index in [1.807, 2.05) is 0 Å². The van der Waals surface area contributed by atoms with Crippen LogP contribution in [0.3, 0.4) is 0 Å². The first kappa shape index (κ1) is 26.5. The number of carbonyl (C=O) groups is 2. The van der Waals surface area contributed by atoms with Gasteiger partial charge in [0.1, 0.15) is 18.1 Å². The molecule has 0 aliphatic carbocycles. The zero-order chi connectivity index (χ0) is 26.8. The van der Waals surface area contributed by atoms with Gasteiger partial charge in [-0.05, 0) is 17.7 Å². The lowest BCUT2D eigenvalue weighted by atomic mass is 9.79. The molecule has 1 aliphatic rings. The van der Waals surface area contributed by atoms with E-state index in [-0.39, 0.29) is 16.7 Å². The fourth-order valence-electron chi connectivity index (χ4n) is 3.89. The summed E-state index contributed by atoms with van der Waals surface area (Å²) in [7, 11) is 0. The fraction of sp³-hybridized carbons (Fsp3) is 0.227.